The Labute approximate surface area is 166 Å². The third kappa shape index (κ3) is 2.84. The van der Waals surface area contributed by atoms with Crippen LogP contribution in [-0.4, -0.2) is 43.5 Å². The summed E-state index contributed by atoms with van der Waals surface area (Å²) in [6.45, 7) is 1.43. The largest absolute Gasteiger partial charge is 0.508 e. The first kappa shape index (κ1) is 18.9. The molecule has 2 amide bonds. The van der Waals surface area contributed by atoms with Gasteiger partial charge in [0.05, 0.1) is 18.4 Å². The fourth-order valence-corrected chi connectivity index (χ4v) is 4.38. The number of phenolic OH excluding ortho intramolecular Hbond substituents is 2. The third-order valence-corrected chi connectivity index (χ3v) is 5.86. The molecular weight excluding hydrogens is 376 g/mol. The minimum Gasteiger partial charge on any atom is -0.508 e. The Bertz CT molecular complexity index is 1010. The number of hydrogen-bond acceptors (Lipinski definition) is 6. The lowest BCUT2D eigenvalue weighted by Gasteiger charge is -2.27. The molecule has 2 saturated heterocycles. The first-order valence-corrected chi connectivity index (χ1v) is 9.16. The maximum atomic E-state index is 13.2. The zero-order valence-electron chi connectivity index (χ0n) is 15.6. The molecule has 29 heavy (non-hydrogen) atoms. The number of imide groups is 1. The van der Waals surface area contributed by atoms with Crippen LogP contribution in [0.15, 0.2) is 48.5 Å². The summed E-state index contributed by atoms with van der Waals surface area (Å²) in [5.41, 5.74) is -0.675. The fourth-order valence-electron chi connectivity index (χ4n) is 4.38. The predicted molar refractivity (Wildman–Crippen MR) is 101 cm³/mol. The van der Waals surface area contributed by atoms with E-state index in [1.807, 2.05) is 6.07 Å². The molecule has 4 atom stereocenters. The highest BCUT2D eigenvalue weighted by Crippen LogP contribution is 2.50. The molecule has 0 radical (unpaired) electrons. The minimum absolute atomic E-state index is 0.0511. The molecule has 0 aromatic heterocycles. The number of nitrogens with zero attached hydrogens (tertiary/aromatic N) is 1. The van der Waals surface area contributed by atoms with Gasteiger partial charge in [-0.25, -0.2) is 0 Å². The van der Waals surface area contributed by atoms with Crippen molar-refractivity contribution in [1.82, 2.24) is 10.2 Å². The van der Waals surface area contributed by atoms with Gasteiger partial charge in [-0.2, -0.15) is 0 Å². The van der Waals surface area contributed by atoms with Crippen molar-refractivity contribution in [2.45, 2.75) is 25.0 Å². The van der Waals surface area contributed by atoms with Crippen molar-refractivity contribution in [3.8, 4) is 11.5 Å². The van der Waals surface area contributed by atoms with Gasteiger partial charge in [0.1, 0.15) is 17.0 Å². The van der Waals surface area contributed by atoms with Gasteiger partial charge in [0.25, 0.3) is 0 Å². The number of nitrogens with one attached hydrogen (secondary N) is 1. The van der Waals surface area contributed by atoms with Gasteiger partial charge in [-0.1, -0.05) is 36.4 Å². The Hall–Kier alpha value is -3.39. The Morgan fingerprint density at radius 1 is 1.10 bits per heavy atom. The number of benzene rings is 2. The molecule has 8 nitrogen and oxygen atoms in total. The van der Waals surface area contributed by atoms with E-state index in [2.05, 4.69) is 5.32 Å². The van der Waals surface area contributed by atoms with Crippen LogP contribution in [0.25, 0.3) is 0 Å². The summed E-state index contributed by atoms with van der Waals surface area (Å²) in [5.74, 6) is -4.84. The molecular formula is C21H20N2O6. The Morgan fingerprint density at radius 3 is 2.41 bits per heavy atom. The van der Waals surface area contributed by atoms with E-state index >= 15 is 0 Å². The van der Waals surface area contributed by atoms with Gasteiger partial charge in [0.15, 0.2) is 0 Å². The number of amides is 2. The zero-order chi connectivity index (χ0) is 20.9. The second-order valence-corrected chi connectivity index (χ2v) is 7.62. The maximum Gasteiger partial charge on any atom is 0.324 e. The molecule has 2 aliphatic rings. The van der Waals surface area contributed by atoms with Crippen molar-refractivity contribution in [1.29, 1.82) is 0 Å². The van der Waals surface area contributed by atoms with Gasteiger partial charge in [0, 0.05) is 17.7 Å². The number of carboxylic acids is 1. The summed E-state index contributed by atoms with van der Waals surface area (Å²) in [5, 5.41) is 32.5. The first-order chi connectivity index (χ1) is 13.7. The highest BCUT2D eigenvalue weighted by molar-refractivity contribution is 6.09. The van der Waals surface area contributed by atoms with Crippen LogP contribution in [0.1, 0.15) is 24.1 Å². The highest BCUT2D eigenvalue weighted by atomic mass is 16.4. The number of carboxylic acid groups (broad SMARTS) is 1. The second kappa shape index (κ2) is 6.59. The summed E-state index contributed by atoms with van der Waals surface area (Å²) >= 11 is 0. The van der Waals surface area contributed by atoms with Crippen molar-refractivity contribution in [2.24, 2.45) is 11.8 Å². The van der Waals surface area contributed by atoms with Crippen LogP contribution < -0.4 is 5.32 Å². The molecule has 0 spiro atoms. The molecule has 4 N–H and O–H groups in total. The molecule has 0 saturated carbocycles. The van der Waals surface area contributed by atoms with Gasteiger partial charge < -0.3 is 15.3 Å². The standard InChI is InChI=1S/C21H20N2O6/c1-21(20(28)29)16-15(17(22-21)13-8-7-12(24)9-14(13)25)18(26)23(19(16)27)10-11-5-3-2-4-6-11/h2-9,15-17,22,24-25H,10H2,1H3,(H,28,29). The van der Waals surface area contributed by atoms with Crippen LogP contribution >= 0.6 is 0 Å². The molecule has 2 aliphatic heterocycles. The lowest BCUT2D eigenvalue weighted by atomic mass is 9.80. The van der Waals surface area contributed by atoms with E-state index in [1.54, 1.807) is 24.3 Å². The summed E-state index contributed by atoms with van der Waals surface area (Å²) in [6.07, 6.45) is 0. The maximum absolute atomic E-state index is 13.2. The van der Waals surface area contributed by atoms with Crippen LogP contribution in [-0.2, 0) is 20.9 Å². The number of phenols is 2. The molecule has 2 heterocycles. The molecule has 4 unspecified atom stereocenters. The summed E-state index contributed by atoms with van der Waals surface area (Å²) in [4.78, 5) is 39.5. The van der Waals surface area contributed by atoms with Crippen LogP contribution in [0.4, 0.5) is 0 Å². The highest BCUT2D eigenvalue weighted by Gasteiger charge is 2.66. The molecule has 2 aromatic carbocycles. The number of aliphatic carboxylic acids is 1. The molecule has 0 bridgehead atoms. The van der Waals surface area contributed by atoms with Crippen molar-refractivity contribution in [3.63, 3.8) is 0 Å². The van der Waals surface area contributed by atoms with Crippen LogP contribution in [0, 0.1) is 11.8 Å². The first-order valence-electron chi connectivity index (χ1n) is 9.16. The lowest BCUT2D eigenvalue weighted by molar-refractivity contribution is -0.150. The van der Waals surface area contributed by atoms with Crippen molar-refractivity contribution in [2.75, 3.05) is 0 Å². The van der Waals surface area contributed by atoms with Gasteiger partial charge in [0.2, 0.25) is 11.8 Å². The SMILES string of the molecule is CC1(C(=O)O)NC(c2ccc(O)cc2O)C2C(=O)N(Cc3ccccc3)C(=O)C21. The Morgan fingerprint density at radius 2 is 1.79 bits per heavy atom. The van der Waals surface area contributed by atoms with E-state index in [0.29, 0.717) is 0 Å². The van der Waals surface area contributed by atoms with E-state index in [4.69, 9.17) is 0 Å². The average molecular weight is 396 g/mol. The second-order valence-electron chi connectivity index (χ2n) is 7.62. The number of carbonyl (C=O) groups is 3. The summed E-state index contributed by atoms with van der Waals surface area (Å²) < 4.78 is 0. The smallest absolute Gasteiger partial charge is 0.324 e. The fraction of sp³-hybridized carbons (Fsp3) is 0.286. The number of fused-ring (bicyclic) bond motifs is 1. The monoisotopic (exact) mass is 396 g/mol. The number of carbonyl (C=O) groups excluding carboxylic acids is 2. The summed E-state index contributed by atoms with van der Waals surface area (Å²) in [7, 11) is 0. The Kier molecular flexibility index (Phi) is 4.31. The molecule has 0 aliphatic carbocycles. The lowest BCUT2D eigenvalue weighted by Crippen LogP contribution is -2.53. The topological polar surface area (TPSA) is 127 Å². The number of hydrogen-bond donors (Lipinski definition) is 4. The molecule has 150 valence electrons. The van der Waals surface area contributed by atoms with Crippen LogP contribution in [0.5, 0.6) is 11.5 Å². The summed E-state index contributed by atoms with van der Waals surface area (Å²) in [6, 6.07) is 12.0. The average Bonchev–Trinajstić information content (AvgIpc) is 3.12. The quantitative estimate of drug-likeness (QED) is 0.575. The van der Waals surface area contributed by atoms with Crippen molar-refractivity contribution >= 4 is 17.8 Å². The zero-order valence-corrected chi connectivity index (χ0v) is 15.6. The van der Waals surface area contributed by atoms with Crippen molar-refractivity contribution < 1.29 is 29.7 Å². The third-order valence-electron chi connectivity index (χ3n) is 5.86. The number of aromatic hydroxyl groups is 2. The molecule has 2 aromatic rings. The van der Waals surface area contributed by atoms with E-state index in [1.165, 1.54) is 19.1 Å². The number of rotatable bonds is 4. The van der Waals surface area contributed by atoms with Crippen LogP contribution in [0.2, 0.25) is 0 Å². The van der Waals surface area contributed by atoms with Gasteiger partial charge in [-0.05, 0) is 18.6 Å². The molecule has 2 fully saturated rings. The molecule has 8 heteroatoms. The van der Waals surface area contributed by atoms with Gasteiger partial charge >= 0.3 is 5.97 Å². The van der Waals surface area contributed by atoms with Crippen LogP contribution in [0.3, 0.4) is 0 Å². The van der Waals surface area contributed by atoms with Gasteiger partial charge in [-0.15, -0.1) is 0 Å². The minimum atomic E-state index is -1.68. The van der Waals surface area contributed by atoms with Gasteiger partial charge in [-0.3, -0.25) is 24.6 Å². The molecule has 4 rings (SSSR count). The van der Waals surface area contributed by atoms with Crippen molar-refractivity contribution in [3.05, 3.63) is 59.7 Å². The van der Waals surface area contributed by atoms with E-state index in [-0.39, 0.29) is 23.6 Å². The van der Waals surface area contributed by atoms with E-state index in [0.717, 1.165) is 16.5 Å². The van der Waals surface area contributed by atoms with E-state index in [9.17, 15) is 29.7 Å². The normalized spacial score (nSPS) is 28.6. The number of likely N-dealkylation sites (tertiary alicyclic amines) is 1. The predicted octanol–water partition coefficient (Wildman–Crippen LogP) is 1.39. The Balaban J connectivity index is 1.77. The van der Waals surface area contributed by atoms with E-state index < -0.39 is 41.2 Å².